The van der Waals surface area contributed by atoms with Crippen molar-refractivity contribution in [2.24, 2.45) is 0 Å². The summed E-state index contributed by atoms with van der Waals surface area (Å²) >= 11 is 1.66. The van der Waals surface area contributed by atoms with Crippen molar-refractivity contribution in [3.63, 3.8) is 0 Å². The Labute approximate surface area is 200 Å². The number of rotatable bonds is 6. The molecule has 1 aliphatic rings. The van der Waals surface area contributed by atoms with Gasteiger partial charge in [0.25, 0.3) is 0 Å². The van der Waals surface area contributed by atoms with Crippen LogP contribution in [0.5, 0.6) is 0 Å². The largest absolute Gasteiger partial charge is 0.307 e. The van der Waals surface area contributed by atoms with Gasteiger partial charge in [-0.3, -0.25) is 0 Å². The van der Waals surface area contributed by atoms with E-state index in [2.05, 4.69) is 83.7 Å². The molecule has 0 spiro atoms. The Morgan fingerprint density at radius 3 is 2.39 bits per heavy atom. The van der Waals surface area contributed by atoms with Crippen molar-refractivity contribution in [2.75, 3.05) is 0 Å². The van der Waals surface area contributed by atoms with Gasteiger partial charge in [0.1, 0.15) is 6.33 Å². The fourth-order valence-corrected chi connectivity index (χ4v) is 5.95. The minimum Gasteiger partial charge on any atom is -0.307 e. The smallest absolute Gasteiger partial charge is 0.116 e. The zero-order valence-corrected chi connectivity index (χ0v) is 20.1. The summed E-state index contributed by atoms with van der Waals surface area (Å²) in [4.78, 5) is 10.1. The normalized spacial score (nSPS) is 19.3. The maximum absolute atomic E-state index is 4.94. The first kappa shape index (κ1) is 21.9. The van der Waals surface area contributed by atoms with Crippen LogP contribution < -0.4 is 5.32 Å². The summed E-state index contributed by atoms with van der Waals surface area (Å²) in [6.45, 7) is 4.39. The van der Waals surface area contributed by atoms with Gasteiger partial charge in [-0.2, -0.15) is 4.37 Å². The van der Waals surface area contributed by atoms with Crippen LogP contribution in [0.4, 0.5) is 0 Å². The summed E-state index contributed by atoms with van der Waals surface area (Å²) in [5.41, 5.74) is 6.99. The van der Waals surface area contributed by atoms with Crippen molar-refractivity contribution in [1.82, 2.24) is 19.7 Å². The molecule has 1 aliphatic carbocycles. The highest BCUT2D eigenvalue weighted by atomic mass is 32.1. The van der Waals surface area contributed by atoms with Gasteiger partial charge in [-0.05, 0) is 68.6 Å². The van der Waals surface area contributed by atoms with E-state index in [1.54, 1.807) is 17.9 Å². The SMILES string of the molecule is Cc1ccc(-c2nsc(C3CCC(N[C@H](C)c4ccccc4)CC3)c2-c2ccncn2)cc1. The molecule has 5 rings (SSSR count). The van der Waals surface area contributed by atoms with E-state index in [1.807, 2.05) is 12.3 Å². The van der Waals surface area contributed by atoms with Gasteiger partial charge in [-0.1, -0.05) is 60.2 Å². The van der Waals surface area contributed by atoms with E-state index in [-0.39, 0.29) is 0 Å². The van der Waals surface area contributed by atoms with E-state index in [4.69, 9.17) is 4.37 Å². The summed E-state index contributed by atoms with van der Waals surface area (Å²) in [6, 6.07) is 22.3. The molecule has 33 heavy (non-hydrogen) atoms. The molecule has 4 aromatic rings. The van der Waals surface area contributed by atoms with Crippen LogP contribution in [0.25, 0.3) is 22.5 Å². The number of nitrogens with zero attached hydrogens (tertiary/aromatic N) is 3. The first-order valence-electron chi connectivity index (χ1n) is 11.8. The molecular weight excluding hydrogens is 424 g/mol. The topological polar surface area (TPSA) is 50.7 Å². The predicted octanol–water partition coefficient (Wildman–Crippen LogP) is 6.95. The summed E-state index contributed by atoms with van der Waals surface area (Å²) in [7, 11) is 0. The molecule has 0 saturated heterocycles. The van der Waals surface area contributed by atoms with Crippen molar-refractivity contribution in [1.29, 1.82) is 0 Å². The van der Waals surface area contributed by atoms with E-state index < -0.39 is 0 Å². The second-order valence-electron chi connectivity index (χ2n) is 9.08. The molecule has 1 atom stereocenters. The summed E-state index contributed by atoms with van der Waals surface area (Å²) < 4.78 is 4.94. The monoisotopic (exact) mass is 454 g/mol. The summed E-state index contributed by atoms with van der Waals surface area (Å²) in [5.74, 6) is 0.525. The second kappa shape index (κ2) is 9.94. The lowest BCUT2D eigenvalue weighted by molar-refractivity contribution is 0.324. The Morgan fingerprint density at radius 2 is 1.70 bits per heavy atom. The summed E-state index contributed by atoms with van der Waals surface area (Å²) in [5, 5.41) is 3.86. The second-order valence-corrected chi connectivity index (χ2v) is 9.88. The standard InChI is InChI=1S/C28H30N4S/c1-19-8-10-22(11-9-19)27-26(25-16-17-29-18-30-25)28(33-32-27)23-12-14-24(15-13-23)31-20(2)21-6-4-3-5-7-21/h3-11,16-18,20,23-24,31H,12-15H2,1-2H3/t20-,23?,24?/m1/s1. The van der Waals surface area contributed by atoms with E-state index in [9.17, 15) is 0 Å². The van der Waals surface area contributed by atoms with Crippen molar-refractivity contribution < 1.29 is 0 Å². The van der Waals surface area contributed by atoms with Crippen LogP contribution in [0.3, 0.4) is 0 Å². The van der Waals surface area contributed by atoms with Gasteiger partial charge in [0.05, 0.1) is 11.4 Å². The Morgan fingerprint density at radius 1 is 0.939 bits per heavy atom. The number of nitrogens with one attached hydrogen (secondary N) is 1. The minimum atomic E-state index is 0.376. The fraction of sp³-hybridized carbons (Fsp3) is 0.321. The fourth-order valence-electron chi connectivity index (χ4n) is 4.89. The van der Waals surface area contributed by atoms with Gasteiger partial charge in [-0.15, -0.1) is 0 Å². The van der Waals surface area contributed by atoms with E-state index in [1.165, 1.54) is 47.3 Å². The van der Waals surface area contributed by atoms with Gasteiger partial charge in [-0.25, -0.2) is 9.97 Å². The maximum atomic E-state index is 4.94. The third-order valence-corrected chi connectivity index (χ3v) is 7.77. The lowest BCUT2D eigenvalue weighted by Gasteiger charge is -2.31. The number of benzene rings is 2. The molecule has 0 amide bonds. The Balaban J connectivity index is 1.36. The average Bonchev–Trinajstić information content (AvgIpc) is 3.31. The van der Waals surface area contributed by atoms with Crippen molar-refractivity contribution in [3.8, 4) is 22.5 Å². The number of hydrogen-bond acceptors (Lipinski definition) is 5. The average molecular weight is 455 g/mol. The highest BCUT2D eigenvalue weighted by molar-refractivity contribution is 7.06. The van der Waals surface area contributed by atoms with Crippen LogP contribution in [-0.2, 0) is 0 Å². The van der Waals surface area contributed by atoms with E-state index in [0.717, 1.165) is 17.0 Å². The molecule has 0 radical (unpaired) electrons. The maximum Gasteiger partial charge on any atom is 0.116 e. The number of aryl methyl sites for hydroxylation is 1. The Bertz CT molecular complexity index is 1160. The third-order valence-electron chi connectivity index (χ3n) is 6.76. The van der Waals surface area contributed by atoms with Crippen LogP contribution in [-0.4, -0.2) is 20.4 Å². The lowest BCUT2D eigenvalue weighted by atomic mass is 9.82. The van der Waals surface area contributed by atoms with Crippen LogP contribution in [0.2, 0.25) is 0 Å². The number of aromatic nitrogens is 3. The molecule has 5 heteroatoms. The van der Waals surface area contributed by atoms with Crippen LogP contribution in [0.15, 0.2) is 73.2 Å². The van der Waals surface area contributed by atoms with Crippen molar-refractivity contribution in [2.45, 2.75) is 57.5 Å². The van der Waals surface area contributed by atoms with Gasteiger partial charge < -0.3 is 5.32 Å². The molecule has 0 bridgehead atoms. The van der Waals surface area contributed by atoms with Crippen LogP contribution in [0, 0.1) is 6.92 Å². The molecule has 0 unspecified atom stereocenters. The van der Waals surface area contributed by atoms with Crippen LogP contribution in [0.1, 0.15) is 60.6 Å². The first-order chi connectivity index (χ1) is 16.2. The van der Waals surface area contributed by atoms with Gasteiger partial charge >= 0.3 is 0 Å². The highest BCUT2D eigenvalue weighted by Gasteiger charge is 2.29. The molecule has 1 fully saturated rings. The molecule has 2 heterocycles. The molecular formula is C28H30N4S. The zero-order chi connectivity index (χ0) is 22.6. The highest BCUT2D eigenvalue weighted by Crippen LogP contribution is 2.44. The molecule has 2 aromatic heterocycles. The van der Waals surface area contributed by atoms with Gasteiger partial charge in [0.2, 0.25) is 0 Å². The zero-order valence-electron chi connectivity index (χ0n) is 19.2. The first-order valence-corrected chi connectivity index (χ1v) is 12.6. The molecule has 4 nitrogen and oxygen atoms in total. The Hall–Kier alpha value is -2.89. The predicted molar refractivity (Wildman–Crippen MR) is 136 cm³/mol. The van der Waals surface area contributed by atoms with Gasteiger partial charge in [0.15, 0.2) is 0 Å². The molecule has 2 aromatic carbocycles. The van der Waals surface area contributed by atoms with Crippen LogP contribution >= 0.6 is 11.5 Å². The summed E-state index contributed by atoms with van der Waals surface area (Å²) in [6.07, 6.45) is 8.18. The molecule has 168 valence electrons. The molecule has 1 N–H and O–H groups in total. The minimum absolute atomic E-state index is 0.376. The number of hydrogen-bond donors (Lipinski definition) is 1. The Kier molecular flexibility index (Phi) is 6.60. The lowest BCUT2D eigenvalue weighted by Crippen LogP contribution is -2.34. The van der Waals surface area contributed by atoms with E-state index >= 15 is 0 Å². The quantitative estimate of drug-likeness (QED) is 0.342. The van der Waals surface area contributed by atoms with Crippen molar-refractivity contribution in [3.05, 3.63) is 89.2 Å². The third kappa shape index (κ3) is 4.90. The molecule has 1 saturated carbocycles. The van der Waals surface area contributed by atoms with E-state index in [0.29, 0.717) is 18.0 Å². The van der Waals surface area contributed by atoms with Gasteiger partial charge in [0, 0.05) is 34.3 Å². The van der Waals surface area contributed by atoms with Crippen molar-refractivity contribution >= 4 is 11.5 Å². The molecule has 0 aliphatic heterocycles.